The molecule has 5 nitrogen and oxygen atoms in total. The van der Waals surface area contributed by atoms with Crippen LogP contribution in [0.15, 0.2) is 206 Å². The first-order valence-electron chi connectivity index (χ1n) is 27.6. The van der Waals surface area contributed by atoms with Crippen LogP contribution in [0, 0.1) is 0 Å². The van der Waals surface area contributed by atoms with Crippen molar-refractivity contribution >= 4 is 40.1 Å². The summed E-state index contributed by atoms with van der Waals surface area (Å²) in [4.78, 5) is 17.5. The van der Waals surface area contributed by atoms with Gasteiger partial charge in [0.2, 0.25) is 5.69 Å². The molecule has 5 heteroatoms. The number of carbonyl (C=O) groups is 1. The van der Waals surface area contributed by atoms with Crippen molar-refractivity contribution in [2.75, 3.05) is 22.9 Å². The second kappa shape index (κ2) is 21.8. The van der Waals surface area contributed by atoms with Gasteiger partial charge >= 0.3 is 5.97 Å². The first-order valence-corrected chi connectivity index (χ1v) is 27.6. The van der Waals surface area contributed by atoms with Crippen LogP contribution in [0.5, 0.6) is 5.75 Å². The summed E-state index contributed by atoms with van der Waals surface area (Å²) in [6, 6.07) is 60.7. The van der Waals surface area contributed by atoms with E-state index in [-0.39, 0.29) is 22.2 Å². The molecule has 0 radical (unpaired) electrons. The van der Waals surface area contributed by atoms with E-state index in [1.54, 1.807) is 0 Å². The molecule has 7 aromatic carbocycles. The minimum Gasteiger partial charge on any atom is -0.427 e. The Bertz CT molecular complexity index is 3250. The Labute approximate surface area is 447 Å². The number of esters is 1. The quantitative estimate of drug-likeness (QED) is 0.0266. The Kier molecular flexibility index (Phi) is 14.8. The van der Waals surface area contributed by atoms with Gasteiger partial charge in [-0.15, -0.1) is 0 Å². The number of benzene rings is 7. The van der Waals surface area contributed by atoms with Gasteiger partial charge in [0.15, 0.2) is 5.71 Å². The molecule has 0 fully saturated rings. The van der Waals surface area contributed by atoms with Crippen molar-refractivity contribution in [3.63, 3.8) is 0 Å². The summed E-state index contributed by atoms with van der Waals surface area (Å²) >= 11 is 0. The van der Waals surface area contributed by atoms with Crippen molar-refractivity contribution in [2.45, 2.75) is 116 Å². The fourth-order valence-electron chi connectivity index (χ4n) is 12.1. The molecule has 0 saturated carbocycles. The van der Waals surface area contributed by atoms with Crippen molar-refractivity contribution in [1.82, 2.24) is 0 Å². The average molecular weight is 989 g/mol. The van der Waals surface area contributed by atoms with Gasteiger partial charge in [-0.05, 0) is 139 Å². The molecule has 0 spiro atoms. The Hall–Kier alpha value is -7.50. The van der Waals surface area contributed by atoms with Gasteiger partial charge in [-0.25, -0.2) is 0 Å². The van der Waals surface area contributed by atoms with Gasteiger partial charge in [-0.2, -0.15) is 4.58 Å². The van der Waals surface area contributed by atoms with Crippen molar-refractivity contribution in [2.24, 2.45) is 0 Å². The minimum atomic E-state index is -0.258. The third kappa shape index (κ3) is 10.1. The van der Waals surface area contributed by atoms with Gasteiger partial charge in [0.1, 0.15) is 12.3 Å². The maximum atomic E-state index is 12.5. The highest BCUT2D eigenvalue weighted by Crippen LogP contribution is 2.58. The lowest BCUT2D eigenvalue weighted by Crippen LogP contribution is -2.28. The number of nitrogens with zero attached hydrogens (tertiary/aromatic N) is 3. The summed E-state index contributed by atoms with van der Waals surface area (Å²) in [6.07, 6.45) is 19.2. The molecule has 75 heavy (non-hydrogen) atoms. The molecular weight excluding hydrogens is 915 g/mol. The SMILES string of the molecule is CCCCN1/C(=C/C=C/C=C/C2=[N+](CCCCCCCC(=O)Oc3ccccc3)c3ccc(N(c4ccccc4)c4ccccc4)cc3C2(C)C)C(C)(C)c2cc3c(cc21)C(C)(C)c1cccc(-c2ccccc2)c1-3. The number of para-hydroxylation sites is 3. The molecule has 7 aromatic rings. The van der Waals surface area contributed by atoms with Crippen LogP contribution in [-0.4, -0.2) is 29.3 Å². The highest BCUT2D eigenvalue weighted by Gasteiger charge is 2.46. The predicted octanol–water partition coefficient (Wildman–Crippen LogP) is 18.0. The molecule has 0 unspecified atom stereocenters. The molecule has 0 saturated heterocycles. The maximum absolute atomic E-state index is 12.5. The van der Waals surface area contributed by atoms with Gasteiger partial charge in [0, 0.05) is 76.4 Å². The summed E-state index contributed by atoms with van der Waals surface area (Å²) in [6.45, 7) is 18.6. The van der Waals surface area contributed by atoms with Crippen molar-refractivity contribution in [3.05, 3.63) is 228 Å². The van der Waals surface area contributed by atoms with Crippen LogP contribution < -0.4 is 14.5 Å². The van der Waals surface area contributed by atoms with E-state index < -0.39 is 0 Å². The number of hydrogen-bond acceptors (Lipinski definition) is 4. The van der Waals surface area contributed by atoms with E-state index in [4.69, 9.17) is 4.74 Å². The fraction of sp³-hybridized carbons (Fsp3) is 0.286. The van der Waals surface area contributed by atoms with Crippen LogP contribution >= 0.6 is 0 Å². The monoisotopic (exact) mass is 989 g/mol. The zero-order valence-corrected chi connectivity index (χ0v) is 45.3. The number of hydrogen-bond donors (Lipinski definition) is 0. The first-order chi connectivity index (χ1) is 36.4. The lowest BCUT2D eigenvalue weighted by Gasteiger charge is -2.27. The van der Waals surface area contributed by atoms with E-state index >= 15 is 0 Å². The molecule has 380 valence electrons. The Balaban J connectivity index is 0.931. The topological polar surface area (TPSA) is 35.8 Å². The predicted molar refractivity (Wildman–Crippen MR) is 315 cm³/mol. The van der Waals surface area contributed by atoms with Crippen molar-refractivity contribution in [1.29, 1.82) is 0 Å². The third-order valence-electron chi connectivity index (χ3n) is 16.2. The number of allylic oxidation sites excluding steroid dienone is 6. The van der Waals surface area contributed by atoms with Crippen LogP contribution in [0.3, 0.4) is 0 Å². The number of unbranched alkanes of at least 4 members (excludes halogenated alkanes) is 5. The van der Waals surface area contributed by atoms with Gasteiger partial charge < -0.3 is 14.5 Å². The van der Waals surface area contributed by atoms with Gasteiger partial charge in [0.05, 0.1) is 5.41 Å². The lowest BCUT2D eigenvalue weighted by atomic mass is 9.79. The van der Waals surface area contributed by atoms with Gasteiger partial charge in [-0.3, -0.25) is 4.79 Å². The molecule has 3 aliphatic rings. The number of ether oxygens (including phenoxy) is 1. The second-order valence-electron chi connectivity index (χ2n) is 22.2. The van der Waals surface area contributed by atoms with Crippen molar-refractivity contribution < 1.29 is 14.1 Å². The van der Waals surface area contributed by atoms with Crippen LogP contribution in [0.4, 0.5) is 28.4 Å². The molecule has 1 aliphatic carbocycles. The summed E-state index contributed by atoms with van der Waals surface area (Å²) in [5, 5.41) is 0. The smallest absolute Gasteiger partial charge is 0.311 e. The molecular formula is C70H74N3O2+. The van der Waals surface area contributed by atoms with Crippen LogP contribution in [-0.2, 0) is 21.0 Å². The summed E-state index contributed by atoms with van der Waals surface area (Å²) < 4.78 is 8.11. The second-order valence-corrected chi connectivity index (χ2v) is 22.2. The van der Waals surface area contributed by atoms with Gasteiger partial charge in [0.25, 0.3) is 0 Å². The first kappa shape index (κ1) is 51.0. The van der Waals surface area contributed by atoms with Crippen LogP contribution in [0.2, 0.25) is 0 Å². The third-order valence-corrected chi connectivity index (χ3v) is 16.2. The standard InChI is InChI=1S/C70H74N3O2/c1-8-9-46-72-63-50-59-57(67-56(51-31-18-13-19-32-51)39-30-40-58(67)68(59,2)3)49-61(63)70(6,7)65(72)42-27-17-26-41-64-69(4,5)60-48-54(73(52-33-20-14-21-34-52)53-35-22-15-23-36-53)44-45-62(60)71(64)47-29-12-10-11-28-43-66(74)75-55-37-24-16-25-38-55/h13-27,30-42,44-45,48-50H,8-12,28-29,43,46-47H2,1-7H3/q+1. The number of fused-ring (bicyclic) bond motifs is 5. The Morgan fingerprint density at radius 1 is 0.560 bits per heavy atom. The Morgan fingerprint density at radius 3 is 1.91 bits per heavy atom. The normalized spacial score (nSPS) is 16.1. The number of rotatable bonds is 19. The fourth-order valence-corrected chi connectivity index (χ4v) is 12.1. The van der Waals surface area contributed by atoms with E-state index in [9.17, 15) is 4.79 Å². The van der Waals surface area contributed by atoms with Crippen LogP contribution in [0.25, 0.3) is 22.3 Å². The van der Waals surface area contributed by atoms with E-state index in [0.29, 0.717) is 12.2 Å². The highest BCUT2D eigenvalue weighted by atomic mass is 16.5. The van der Waals surface area contributed by atoms with E-state index in [0.717, 1.165) is 75.1 Å². The molecule has 2 aliphatic heterocycles. The van der Waals surface area contributed by atoms with E-state index in [1.165, 1.54) is 67.3 Å². The summed E-state index contributed by atoms with van der Waals surface area (Å²) in [5.74, 6) is 0.452. The summed E-state index contributed by atoms with van der Waals surface area (Å²) in [5.41, 5.74) is 19.0. The van der Waals surface area contributed by atoms with Crippen LogP contribution in [0.1, 0.15) is 122 Å². The maximum Gasteiger partial charge on any atom is 0.311 e. The molecule has 2 heterocycles. The minimum absolute atomic E-state index is 0.119. The van der Waals surface area contributed by atoms with Crippen molar-refractivity contribution in [3.8, 4) is 28.0 Å². The zero-order valence-electron chi connectivity index (χ0n) is 45.3. The number of anilines is 4. The average Bonchev–Trinajstić information content (AvgIpc) is 3.95. The van der Waals surface area contributed by atoms with E-state index in [2.05, 4.69) is 233 Å². The Morgan fingerprint density at radius 2 is 1.21 bits per heavy atom. The summed E-state index contributed by atoms with van der Waals surface area (Å²) in [7, 11) is 0. The van der Waals surface area contributed by atoms with E-state index in [1.807, 2.05) is 30.3 Å². The molecule has 0 N–H and O–H groups in total. The molecule has 0 aromatic heterocycles. The number of carbonyl (C=O) groups excluding carboxylic acids is 1. The molecule has 0 bridgehead atoms. The zero-order chi connectivity index (χ0) is 52.2. The lowest BCUT2D eigenvalue weighted by molar-refractivity contribution is -0.438. The molecule has 0 atom stereocenters. The molecule has 10 rings (SSSR count). The molecule has 0 amide bonds. The van der Waals surface area contributed by atoms with Gasteiger partial charge in [-0.1, -0.05) is 175 Å². The highest BCUT2D eigenvalue weighted by molar-refractivity contribution is 6.03. The largest absolute Gasteiger partial charge is 0.427 e.